The first-order valence-corrected chi connectivity index (χ1v) is 6.29. The zero-order valence-electron chi connectivity index (χ0n) is 10.1. The zero-order chi connectivity index (χ0) is 12.5. The van der Waals surface area contributed by atoms with Crippen molar-refractivity contribution in [3.8, 4) is 0 Å². The molecule has 0 spiro atoms. The minimum atomic E-state index is -0.179. The quantitative estimate of drug-likeness (QED) is 0.747. The maximum absolute atomic E-state index is 11.2. The molecular formula is C13H17N3O2. The maximum atomic E-state index is 11.2. The molecule has 1 aromatic heterocycles. The number of nitrogens with two attached hydrogens (primary N) is 1. The number of hydrogen-bond acceptors (Lipinski definition) is 3. The summed E-state index contributed by atoms with van der Waals surface area (Å²) in [6, 6.07) is 5.87. The van der Waals surface area contributed by atoms with E-state index in [0.29, 0.717) is 5.92 Å². The normalized spacial score (nSPS) is 19.2. The van der Waals surface area contributed by atoms with Gasteiger partial charge in [-0.15, -0.1) is 0 Å². The SMILES string of the molecule is NC(c1ccc2[nH]c(=O)[nH]c2c1)C1CCOCC1. The molecule has 0 amide bonds. The van der Waals surface area contributed by atoms with E-state index in [1.54, 1.807) is 0 Å². The Morgan fingerprint density at radius 3 is 2.72 bits per heavy atom. The molecule has 0 aliphatic carbocycles. The molecule has 18 heavy (non-hydrogen) atoms. The van der Waals surface area contributed by atoms with Crippen LogP contribution in [0.1, 0.15) is 24.4 Å². The highest BCUT2D eigenvalue weighted by Gasteiger charge is 2.22. The molecule has 5 heteroatoms. The van der Waals surface area contributed by atoms with Crippen LogP contribution in [-0.2, 0) is 4.74 Å². The Morgan fingerprint density at radius 1 is 1.22 bits per heavy atom. The van der Waals surface area contributed by atoms with Gasteiger partial charge in [0.2, 0.25) is 0 Å². The van der Waals surface area contributed by atoms with Gasteiger partial charge in [0.05, 0.1) is 11.0 Å². The summed E-state index contributed by atoms with van der Waals surface area (Å²) in [5.74, 6) is 0.460. The third-order valence-electron chi connectivity index (χ3n) is 3.70. The van der Waals surface area contributed by atoms with E-state index >= 15 is 0 Å². The highest BCUT2D eigenvalue weighted by molar-refractivity contribution is 5.75. The molecule has 1 atom stereocenters. The first kappa shape index (κ1) is 11.5. The van der Waals surface area contributed by atoms with Crippen molar-refractivity contribution in [3.63, 3.8) is 0 Å². The van der Waals surface area contributed by atoms with Crippen LogP contribution >= 0.6 is 0 Å². The molecule has 1 saturated heterocycles. The average Bonchev–Trinajstić information content (AvgIpc) is 2.78. The second-order valence-electron chi connectivity index (χ2n) is 4.86. The van der Waals surface area contributed by atoms with Gasteiger partial charge in [0.1, 0.15) is 0 Å². The monoisotopic (exact) mass is 247 g/mol. The van der Waals surface area contributed by atoms with Crippen molar-refractivity contribution in [2.24, 2.45) is 11.7 Å². The molecule has 2 heterocycles. The number of nitrogens with one attached hydrogen (secondary N) is 2. The number of hydrogen-bond donors (Lipinski definition) is 3. The van der Waals surface area contributed by atoms with Crippen molar-refractivity contribution in [3.05, 3.63) is 34.2 Å². The number of imidazole rings is 1. The number of aromatic nitrogens is 2. The van der Waals surface area contributed by atoms with Crippen molar-refractivity contribution in [1.82, 2.24) is 9.97 Å². The third-order valence-corrected chi connectivity index (χ3v) is 3.70. The summed E-state index contributed by atoms with van der Waals surface area (Å²) in [6.45, 7) is 1.59. The van der Waals surface area contributed by atoms with Crippen LogP contribution in [0.3, 0.4) is 0 Å². The minimum absolute atomic E-state index is 0.0108. The van der Waals surface area contributed by atoms with E-state index in [2.05, 4.69) is 9.97 Å². The summed E-state index contributed by atoms with van der Waals surface area (Å²) < 4.78 is 5.35. The largest absolute Gasteiger partial charge is 0.381 e. The number of benzene rings is 1. The first-order chi connectivity index (χ1) is 8.74. The highest BCUT2D eigenvalue weighted by atomic mass is 16.5. The van der Waals surface area contributed by atoms with E-state index < -0.39 is 0 Å². The van der Waals surface area contributed by atoms with Gasteiger partial charge in [0, 0.05) is 19.3 Å². The fourth-order valence-corrected chi connectivity index (χ4v) is 2.60. The molecular weight excluding hydrogens is 230 g/mol. The van der Waals surface area contributed by atoms with Crippen molar-refractivity contribution in [2.75, 3.05) is 13.2 Å². The van der Waals surface area contributed by atoms with Crippen LogP contribution in [0, 0.1) is 5.92 Å². The van der Waals surface area contributed by atoms with Gasteiger partial charge in [-0.2, -0.15) is 0 Å². The molecule has 1 aromatic carbocycles. The number of H-pyrrole nitrogens is 2. The van der Waals surface area contributed by atoms with E-state index in [4.69, 9.17) is 10.5 Å². The summed E-state index contributed by atoms with van der Waals surface area (Å²) in [7, 11) is 0. The van der Waals surface area contributed by atoms with Crippen LogP contribution in [0.4, 0.5) is 0 Å². The summed E-state index contributed by atoms with van der Waals surface area (Å²) in [6.07, 6.45) is 2.01. The fraction of sp³-hybridized carbons (Fsp3) is 0.462. The standard InChI is InChI=1S/C13H17N3O2/c14-12(8-3-5-18-6-4-8)9-1-2-10-11(7-9)16-13(17)15-10/h1-2,7-8,12H,3-6,14H2,(H2,15,16,17). The smallest absolute Gasteiger partial charge is 0.323 e. The fourth-order valence-electron chi connectivity index (χ4n) is 2.60. The van der Waals surface area contributed by atoms with Crippen molar-refractivity contribution >= 4 is 11.0 Å². The Morgan fingerprint density at radius 2 is 1.94 bits per heavy atom. The van der Waals surface area contributed by atoms with E-state index in [1.807, 2.05) is 18.2 Å². The molecule has 0 saturated carbocycles. The minimum Gasteiger partial charge on any atom is -0.381 e. The number of fused-ring (bicyclic) bond motifs is 1. The number of rotatable bonds is 2. The number of ether oxygens (including phenoxy) is 1. The van der Waals surface area contributed by atoms with Crippen molar-refractivity contribution in [2.45, 2.75) is 18.9 Å². The van der Waals surface area contributed by atoms with Crippen molar-refractivity contribution in [1.29, 1.82) is 0 Å². The predicted molar refractivity (Wildman–Crippen MR) is 69.4 cm³/mol. The van der Waals surface area contributed by atoms with E-state index in [0.717, 1.165) is 42.7 Å². The van der Waals surface area contributed by atoms with E-state index in [1.165, 1.54) is 0 Å². The summed E-state index contributed by atoms with van der Waals surface area (Å²) >= 11 is 0. The number of aromatic amines is 2. The lowest BCUT2D eigenvalue weighted by Gasteiger charge is -2.27. The van der Waals surface area contributed by atoms with Crippen LogP contribution in [0.5, 0.6) is 0 Å². The van der Waals surface area contributed by atoms with Gasteiger partial charge in [0.25, 0.3) is 0 Å². The second kappa shape index (κ2) is 4.59. The lowest BCUT2D eigenvalue weighted by atomic mass is 9.88. The van der Waals surface area contributed by atoms with Crippen LogP contribution in [0.25, 0.3) is 11.0 Å². The Bertz CT molecular complexity index is 596. The van der Waals surface area contributed by atoms with E-state index in [-0.39, 0.29) is 11.7 Å². The lowest BCUT2D eigenvalue weighted by molar-refractivity contribution is 0.0584. The highest BCUT2D eigenvalue weighted by Crippen LogP contribution is 2.28. The Labute approximate surface area is 104 Å². The van der Waals surface area contributed by atoms with Crippen LogP contribution < -0.4 is 11.4 Å². The molecule has 2 aromatic rings. The van der Waals surface area contributed by atoms with Crippen LogP contribution in [0.2, 0.25) is 0 Å². The molecule has 4 N–H and O–H groups in total. The van der Waals surface area contributed by atoms with Gasteiger partial charge in [-0.3, -0.25) is 0 Å². The van der Waals surface area contributed by atoms with Gasteiger partial charge < -0.3 is 20.4 Å². The van der Waals surface area contributed by atoms with Gasteiger partial charge >= 0.3 is 5.69 Å². The molecule has 1 fully saturated rings. The second-order valence-corrected chi connectivity index (χ2v) is 4.86. The Kier molecular flexibility index (Phi) is 2.93. The summed E-state index contributed by atoms with van der Waals surface area (Å²) in [5, 5.41) is 0. The average molecular weight is 247 g/mol. The third kappa shape index (κ3) is 2.07. The molecule has 1 aliphatic heterocycles. The van der Waals surface area contributed by atoms with Crippen LogP contribution in [-0.4, -0.2) is 23.2 Å². The Hall–Kier alpha value is -1.59. The van der Waals surface area contributed by atoms with Gasteiger partial charge in [-0.1, -0.05) is 6.07 Å². The van der Waals surface area contributed by atoms with E-state index in [9.17, 15) is 4.79 Å². The lowest BCUT2D eigenvalue weighted by Crippen LogP contribution is -2.27. The molecule has 1 aliphatic rings. The Balaban J connectivity index is 1.90. The molecule has 96 valence electrons. The van der Waals surface area contributed by atoms with Gasteiger partial charge in [-0.05, 0) is 36.5 Å². The molecule has 3 rings (SSSR count). The zero-order valence-corrected chi connectivity index (χ0v) is 10.1. The topological polar surface area (TPSA) is 83.9 Å². The van der Waals surface area contributed by atoms with Crippen LogP contribution in [0.15, 0.2) is 23.0 Å². The predicted octanol–water partition coefficient (Wildman–Crippen LogP) is 1.28. The maximum Gasteiger partial charge on any atom is 0.323 e. The summed E-state index contributed by atoms with van der Waals surface area (Å²) in [4.78, 5) is 16.7. The molecule has 0 bridgehead atoms. The molecule has 1 unspecified atom stereocenters. The molecule has 5 nitrogen and oxygen atoms in total. The van der Waals surface area contributed by atoms with Gasteiger partial charge in [0.15, 0.2) is 0 Å². The first-order valence-electron chi connectivity index (χ1n) is 6.29. The van der Waals surface area contributed by atoms with Gasteiger partial charge in [-0.25, -0.2) is 4.79 Å². The summed E-state index contributed by atoms with van der Waals surface area (Å²) in [5.41, 5.74) is 8.85. The molecule has 0 radical (unpaired) electrons. The van der Waals surface area contributed by atoms with Crippen molar-refractivity contribution < 1.29 is 4.74 Å².